The molecule has 21 heavy (non-hydrogen) atoms. The highest BCUT2D eigenvalue weighted by Gasteiger charge is 2.12. The largest absolute Gasteiger partial charge is 0.378 e. The number of hydrogen-bond donors (Lipinski definition) is 1. The van der Waals surface area contributed by atoms with Crippen molar-refractivity contribution in [1.82, 2.24) is 4.98 Å². The van der Waals surface area contributed by atoms with E-state index < -0.39 is 0 Å². The van der Waals surface area contributed by atoms with Crippen molar-refractivity contribution in [3.05, 3.63) is 71.9 Å². The van der Waals surface area contributed by atoms with Gasteiger partial charge in [0.1, 0.15) is 0 Å². The Balaban J connectivity index is 2.02. The molecule has 1 heterocycles. The third-order valence-corrected chi connectivity index (χ3v) is 3.78. The number of pyridine rings is 1. The van der Waals surface area contributed by atoms with Gasteiger partial charge in [-0.05, 0) is 35.4 Å². The van der Waals surface area contributed by atoms with Crippen molar-refractivity contribution in [2.75, 3.05) is 19.0 Å². The SMILES string of the molecule is CN(C)c1ccc(C(N)c2cccc3ncccc23)cc1. The van der Waals surface area contributed by atoms with Crippen LogP contribution in [0.15, 0.2) is 60.8 Å². The summed E-state index contributed by atoms with van der Waals surface area (Å²) >= 11 is 0. The number of nitrogens with zero attached hydrogens (tertiary/aromatic N) is 2. The summed E-state index contributed by atoms with van der Waals surface area (Å²) in [6.45, 7) is 0. The molecule has 0 amide bonds. The summed E-state index contributed by atoms with van der Waals surface area (Å²) in [7, 11) is 4.07. The number of anilines is 1. The first-order chi connectivity index (χ1) is 10.2. The van der Waals surface area contributed by atoms with Crippen LogP contribution in [-0.4, -0.2) is 19.1 Å². The van der Waals surface area contributed by atoms with Gasteiger partial charge in [0, 0.05) is 31.4 Å². The van der Waals surface area contributed by atoms with Gasteiger partial charge in [-0.3, -0.25) is 4.98 Å². The molecule has 3 heteroatoms. The quantitative estimate of drug-likeness (QED) is 0.798. The van der Waals surface area contributed by atoms with Crippen molar-refractivity contribution in [1.29, 1.82) is 0 Å². The Bertz CT molecular complexity index is 743. The van der Waals surface area contributed by atoms with E-state index in [-0.39, 0.29) is 6.04 Å². The zero-order chi connectivity index (χ0) is 14.8. The van der Waals surface area contributed by atoms with Gasteiger partial charge in [0.25, 0.3) is 0 Å². The third-order valence-electron chi connectivity index (χ3n) is 3.78. The topological polar surface area (TPSA) is 42.1 Å². The van der Waals surface area contributed by atoms with Crippen molar-refractivity contribution in [2.45, 2.75) is 6.04 Å². The first-order valence-electron chi connectivity index (χ1n) is 7.03. The first kappa shape index (κ1) is 13.6. The zero-order valence-corrected chi connectivity index (χ0v) is 12.3. The molecule has 3 rings (SSSR count). The van der Waals surface area contributed by atoms with Gasteiger partial charge in [-0.2, -0.15) is 0 Å². The molecular formula is C18H19N3. The minimum Gasteiger partial charge on any atom is -0.378 e. The van der Waals surface area contributed by atoms with Gasteiger partial charge < -0.3 is 10.6 Å². The highest BCUT2D eigenvalue weighted by molar-refractivity contribution is 5.82. The molecule has 0 spiro atoms. The number of benzene rings is 2. The lowest BCUT2D eigenvalue weighted by Gasteiger charge is -2.17. The Kier molecular flexibility index (Phi) is 3.59. The van der Waals surface area contributed by atoms with Crippen molar-refractivity contribution < 1.29 is 0 Å². The molecule has 1 atom stereocenters. The summed E-state index contributed by atoms with van der Waals surface area (Å²) in [6.07, 6.45) is 1.81. The Morgan fingerprint density at radius 2 is 1.71 bits per heavy atom. The number of aromatic nitrogens is 1. The molecular weight excluding hydrogens is 258 g/mol. The lowest BCUT2D eigenvalue weighted by Crippen LogP contribution is -2.13. The molecule has 1 aromatic heterocycles. The maximum atomic E-state index is 6.47. The summed E-state index contributed by atoms with van der Waals surface area (Å²) < 4.78 is 0. The standard InChI is InChI=1S/C18H19N3/c1-21(2)14-10-8-13(9-11-14)18(19)16-5-3-7-17-15(16)6-4-12-20-17/h3-12,18H,19H2,1-2H3. The predicted octanol–water partition coefficient (Wildman–Crippen LogP) is 3.35. The molecule has 0 saturated carbocycles. The number of nitrogens with two attached hydrogens (primary N) is 1. The van der Waals surface area contributed by atoms with E-state index in [1.807, 2.05) is 38.5 Å². The molecule has 0 radical (unpaired) electrons. The van der Waals surface area contributed by atoms with E-state index in [4.69, 9.17) is 5.73 Å². The molecule has 0 bridgehead atoms. The molecule has 3 nitrogen and oxygen atoms in total. The monoisotopic (exact) mass is 277 g/mol. The molecule has 2 N–H and O–H groups in total. The van der Waals surface area contributed by atoms with Gasteiger partial charge >= 0.3 is 0 Å². The van der Waals surface area contributed by atoms with Crippen LogP contribution in [0.25, 0.3) is 10.9 Å². The van der Waals surface area contributed by atoms with Crippen molar-refractivity contribution >= 4 is 16.6 Å². The second-order valence-corrected chi connectivity index (χ2v) is 5.38. The van der Waals surface area contributed by atoms with Crippen LogP contribution in [0.3, 0.4) is 0 Å². The number of hydrogen-bond acceptors (Lipinski definition) is 3. The van der Waals surface area contributed by atoms with Crippen LogP contribution in [0.1, 0.15) is 17.2 Å². The fourth-order valence-corrected chi connectivity index (χ4v) is 2.56. The maximum Gasteiger partial charge on any atom is 0.0705 e. The van der Waals surface area contributed by atoms with Crippen LogP contribution in [0.4, 0.5) is 5.69 Å². The highest BCUT2D eigenvalue weighted by atomic mass is 15.1. The summed E-state index contributed by atoms with van der Waals surface area (Å²) in [5.74, 6) is 0. The summed E-state index contributed by atoms with van der Waals surface area (Å²) in [5.41, 5.74) is 10.8. The van der Waals surface area contributed by atoms with Crippen LogP contribution in [0.2, 0.25) is 0 Å². The molecule has 0 aliphatic carbocycles. The van der Waals surface area contributed by atoms with Crippen LogP contribution in [0.5, 0.6) is 0 Å². The summed E-state index contributed by atoms with van der Waals surface area (Å²) in [5, 5.41) is 1.11. The Labute approximate surface area is 125 Å². The van der Waals surface area contributed by atoms with E-state index in [9.17, 15) is 0 Å². The van der Waals surface area contributed by atoms with E-state index in [1.54, 1.807) is 0 Å². The van der Waals surface area contributed by atoms with Crippen LogP contribution < -0.4 is 10.6 Å². The van der Waals surface area contributed by atoms with Crippen molar-refractivity contribution in [2.24, 2.45) is 5.73 Å². The Morgan fingerprint density at radius 3 is 2.43 bits per heavy atom. The zero-order valence-electron chi connectivity index (χ0n) is 12.3. The Morgan fingerprint density at radius 1 is 0.952 bits per heavy atom. The molecule has 0 fully saturated rings. The van der Waals surface area contributed by atoms with Gasteiger partial charge in [0.15, 0.2) is 0 Å². The molecule has 0 aliphatic rings. The first-order valence-corrected chi connectivity index (χ1v) is 7.03. The molecule has 2 aromatic carbocycles. The molecule has 3 aromatic rings. The van der Waals surface area contributed by atoms with Gasteiger partial charge in [-0.25, -0.2) is 0 Å². The van der Waals surface area contributed by atoms with E-state index in [2.05, 4.69) is 46.3 Å². The van der Waals surface area contributed by atoms with E-state index in [1.165, 1.54) is 5.69 Å². The predicted molar refractivity (Wildman–Crippen MR) is 88.5 cm³/mol. The lowest BCUT2D eigenvalue weighted by molar-refractivity contribution is 0.879. The Hall–Kier alpha value is -2.39. The van der Waals surface area contributed by atoms with E-state index in [0.717, 1.165) is 22.0 Å². The minimum atomic E-state index is -0.144. The second kappa shape index (κ2) is 5.54. The van der Waals surface area contributed by atoms with E-state index >= 15 is 0 Å². The maximum absolute atomic E-state index is 6.47. The van der Waals surface area contributed by atoms with Crippen molar-refractivity contribution in [3.63, 3.8) is 0 Å². The number of rotatable bonds is 3. The minimum absolute atomic E-state index is 0.144. The van der Waals surface area contributed by atoms with Gasteiger partial charge in [-0.1, -0.05) is 30.3 Å². The smallest absolute Gasteiger partial charge is 0.0705 e. The van der Waals surface area contributed by atoms with Gasteiger partial charge in [-0.15, -0.1) is 0 Å². The second-order valence-electron chi connectivity index (χ2n) is 5.38. The summed E-state index contributed by atoms with van der Waals surface area (Å²) in [6, 6.07) is 18.4. The normalized spacial score (nSPS) is 12.3. The number of fused-ring (bicyclic) bond motifs is 1. The average molecular weight is 277 g/mol. The third kappa shape index (κ3) is 2.60. The lowest BCUT2D eigenvalue weighted by atomic mass is 9.96. The van der Waals surface area contributed by atoms with Gasteiger partial charge in [0.2, 0.25) is 0 Å². The molecule has 106 valence electrons. The molecule has 1 unspecified atom stereocenters. The van der Waals surface area contributed by atoms with Crippen LogP contribution in [0, 0.1) is 0 Å². The summed E-state index contributed by atoms with van der Waals surface area (Å²) in [4.78, 5) is 6.47. The fraction of sp³-hybridized carbons (Fsp3) is 0.167. The van der Waals surface area contributed by atoms with Gasteiger partial charge in [0.05, 0.1) is 11.6 Å². The van der Waals surface area contributed by atoms with Crippen LogP contribution >= 0.6 is 0 Å². The average Bonchev–Trinajstić information content (AvgIpc) is 2.53. The van der Waals surface area contributed by atoms with E-state index in [0.29, 0.717) is 0 Å². The molecule has 0 saturated heterocycles. The molecule has 0 aliphatic heterocycles. The van der Waals surface area contributed by atoms with Crippen molar-refractivity contribution in [3.8, 4) is 0 Å². The van der Waals surface area contributed by atoms with Crippen LogP contribution in [-0.2, 0) is 0 Å². The highest BCUT2D eigenvalue weighted by Crippen LogP contribution is 2.27. The fourth-order valence-electron chi connectivity index (χ4n) is 2.56.